The van der Waals surface area contributed by atoms with E-state index in [0.717, 1.165) is 42.9 Å². The van der Waals surface area contributed by atoms with E-state index in [1.807, 2.05) is 0 Å². The van der Waals surface area contributed by atoms with Crippen molar-refractivity contribution in [1.82, 2.24) is 0 Å². The highest BCUT2D eigenvalue weighted by Crippen LogP contribution is 2.62. The predicted octanol–water partition coefficient (Wildman–Crippen LogP) is 3.82. The average Bonchev–Trinajstić information content (AvgIpc) is 2.76. The van der Waals surface area contributed by atoms with Crippen molar-refractivity contribution in [2.45, 2.75) is 71.3 Å². The highest BCUT2D eigenvalue weighted by Gasteiger charge is 2.57. The fourth-order valence-electron chi connectivity index (χ4n) is 6.83. The molecule has 4 rings (SSSR count). The topological polar surface area (TPSA) is 37.3 Å². The Balaban J connectivity index is 1.58. The minimum Gasteiger partial charge on any atom is -0.393 e. The third-order valence-corrected chi connectivity index (χ3v) is 8.11. The SMILES string of the molecule is CC1C[C@H]2C(CC[C@@H]3[C@@H]2CC[C@]2(C)C(O)CC[C@@H]32)CC1=O. The molecule has 0 amide bonds. The van der Waals surface area contributed by atoms with Crippen LogP contribution < -0.4 is 0 Å². The van der Waals surface area contributed by atoms with Gasteiger partial charge in [-0.1, -0.05) is 13.8 Å². The molecule has 0 aromatic rings. The minimum atomic E-state index is -0.0620. The van der Waals surface area contributed by atoms with Gasteiger partial charge in [0.1, 0.15) is 5.78 Å². The van der Waals surface area contributed by atoms with Gasteiger partial charge < -0.3 is 5.11 Å². The molecule has 4 aliphatic rings. The first-order chi connectivity index (χ1) is 10.0. The fraction of sp³-hybridized carbons (Fsp3) is 0.947. The summed E-state index contributed by atoms with van der Waals surface area (Å²) in [5.74, 6) is 4.74. The first-order valence-corrected chi connectivity index (χ1v) is 9.21. The second-order valence-corrected chi connectivity index (χ2v) is 8.88. The smallest absolute Gasteiger partial charge is 0.135 e. The molecule has 4 aliphatic carbocycles. The van der Waals surface area contributed by atoms with Crippen LogP contribution in [0, 0.1) is 40.9 Å². The number of carbonyl (C=O) groups is 1. The highest BCUT2D eigenvalue weighted by atomic mass is 16.3. The van der Waals surface area contributed by atoms with E-state index in [-0.39, 0.29) is 11.5 Å². The lowest BCUT2D eigenvalue weighted by Gasteiger charge is -2.55. The van der Waals surface area contributed by atoms with Crippen molar-refractivity contribution >= 4 is 5.78 Å². The summed E-state index contributed by atoms with van der Waals surface area (Å²) in [6, 6.07) is 0. The van der Waals surface area contributed by atoms with Crippen LogP contribution in [0.25, 0.3) is 0 Å². The zero-order valence-electron chi connectivity index (χ0n) is 13.6. The van der Waals surface area contributed by atoms with Gasteiger partial charge in [0.05, 0.1) is 6.10 Å². The molecule has 2 heteroatoms. The molecule has 2 nitrogen and oxygen atoms in total. The van der Waals surface area contributed by atoms with Crippen LogP contribution in [0.4, 0.5) is 0 Å². The predicted molar refractivity (Wildman–Crippen MR) is 82.7 cm³/mol. The van der Waals surface area contributed by atoms with E-state index in [1.54, 1.807) is 0 Å². The van der Waals surface area contributed by atoms with Crippen molar-refractivity contribution in [1.29, 1.82) is 0 Å². The Bertz CT molecular complexity index is 445. The summed E-state index contributed by atoms with van der Waals surface area (Å²) in [6.45, 7) is 4.50. The molecule has 3 unspecified atom stereocenters. The Labute approximate surface area is 128 Å². The van der Waals surface area contributed by atoms with E-state index in [9.17, 15) is 9.90 Å². The van der Waals surface area contributed by atoms with Crippen molar-refractivity contribution < 1.29 is 9.90 Å². The Kier molecular flexibility index (Phi) is 3.26. The number of fused-ring (bicyclic) bond motifs is 5. The molecule has 0 saturated heterocycles. The van der Waals surface area contributed by atoms with Gasteiger partial charge in [-0.2, -0.15) is 0 Å². The molecular formula is C19H30O2. The third kappa shape index (κ3) is 1.97. The van der Waals surface area contributed by atoms with E-state index in [2.05, 4.69) is 13.8 Å². The number of ketones is 1. The van der Waals surface area contributed by atoms with Gasteiger partial charge >= 0.3 is 0 Å². The monoisotopic (exact) mass is 290 g/mol. The molecule has 0 heterocycles. The van der Waals surface area contributed by atoms with Crippen LogP contribution in [-0.2, 0) is 4.79 Å². The van der Waals surface area contributed by atoms with Crippen LogP contribution in [0.2, 0.25) is 0 Å². The van der Waals surface area contributed by atoms with Crippen LogP contribution in [0.3, 0.4) is 0 Å². The maximum absolute atomic E-state index is 12.1. The van der Waals surface area contributed by atoms with E-state index < -0.39 is 0 Å². The number of hydrogen-bond donors (Lipinski definition) is 1. The van der Waals surface area contributed by atoms with Gasteiger partial charge in [0.15, 0.2) is 0 Å². The summed E-state index contributed by atoms with van der Waals surface area (Å²) < 4.78 is 0. The van der Waals surface area contributed by atoms with E-state index in [0.29, 0.717) is 17.6 Å². The second-order valence-electron chi connectivity index (χ2n) is 8.88. The molecule has 0 spiro atoms. The Morgan fingerprint density at radius 2 is 1.86 bits per heavy atom. The van der Waals surface area contributed by atoms with Crippen molar-refractivity contribution in [3.63, 3.8) is 0 Å². The quantitative estimate of drug-likeness (QED) is 0.736. The van der Waals surface area contributed by atoms with Gasteiger partial charge in [-0.25, -0.2) is 0 Å². The highest BCUT2D eigenvalue weighted by molar-refractivity contribution is 5.81. The number of rotatable bonds is 0. The van der Waals surface area contributed by atoms with Gasteiger partial charge in [0.25, 0.3) is 0 Å². The Morgan fingerprint density at radius 1 is 1.05 bits per heavy atom. The van der Waals surface area contributed by atoms with Crippen molar-refractivity contribution in [3.8, 4) is 0 Å². The number of Topliss-reactive ketones (excluding diaryl/α,β-unsaturated/α-hetero) is 1. The lowest BCUT2D eigenvalue weighted by molar-refractivity contribution is -0.133. The number of aliphatic hydroxyl groups is 1. The third-order valence-electron chi connectivity index (χ3n) is 8.11. The standard InChI is InChI=1S/C19H30O2/c1-11-9-15-12(10-17(11)20)3-4-14-13(15)7-8-19(2)16(14)5-6-18(19)21/h11-16,18,21H,3-10H2,1-2H3/t11?,12?,13-,14+,15-,16-,18?,19-/m0/s1. The molecule has 0 aromatic heterocycles. The van der Waals surface area contributed by atoms with Crippen LogP contribution in [0.5, 0.6) is 0 Å². The summed E-state index contributed by atoms with van der Waals surface area (Å²) in [5, 5.41) is 10.4. The minimum absolute atomic E-state index is 0.0620. The van der Waals surface area contributed by atoms with Crippen molar-refractivity contribution in [2.75, 3.05) is 0 Å². The molecule has 4 fully saturated rings. The number of hydrogen-bond acceptors (Lipinski definition) is 2. The second kappa shape index (κ2) is 4.81. The molecule has 8 atom stereocenters. The van der Waals surface area contributed by atoms with Crippen LogP contribution in [0.1, 0.15) is 65.2 Å². The molecule has 118 valence electrons. The maximum Gasteiger partial charge on any atom is 0.135 e. The lowest BCUT2D eigenvalue weighted by Crippen LogP contribution is -2.50. The fourth-order valence-corrected chi connectivity index (χ4v) is 6.83. The largest absolute Gasteiger partial charge is 0.393 e. The van der Waals surface area contributed by atoms with Gasteiger partial charge in [-0.15, -0.1) is 0 Å². The summed E-state index contributed by atoms with van der Waals surface area (Å²) in [6.07, 6.45) is 9.32. The lowest BCUT2D eigenvalue weighted by atomic mass is 9.50. The number of aliphatic hydroxyl groups excluding tert-OH is 1. The van der Waals surface area contributed by atoms with Gasteiger partial charge in [0.2, 0.25) is 0 Å². The Hall–Kier alpha value is -0.370. The van der Waals surface area contributed by atoms with Crippen LogP contribution in [0.15, 0.2) is 0 Å². The first kappa shape index (κ1) is 14.2. The van der Waals surface area contributed by atoms with E-state index in [1.165, 1.54) is 32.1 Å². The van der Waals surface area contributed by atoms with Crippen molar-refractivity contribution in [2.24, 2.45) is 40.9 Å². The van der Waals surface area contributed by atoms with Gasteiger partial charge in [-0.3, -0.25) is 4.79 Å². The van der Waals surface area contributed by atoms with Gasteiger partial charge in [-0.05, 0) is 80.0 Å². The summed E-state index contributed by atoms with van der Waals surface area (Å²) in [4.78, 5) is 12.1. The number of carbonyl (C=O) groups excluding carboxylic acids is 1. The van der Waals surface area contributed by atoms with E-state index >= 15 is 0 Å². The van der Waals surface area contributed by atoms with Crippen molar-refractivity contribution in [3.05, 3.63) is 0 Å². The average molecular weight is 290 g/mol. The molecular weight excluding hydrogens is 260 g/mol. The van der Waals surface area contributed by atoms with E-state index in [4.69, 9.17) is 0 Å². The van der Waals surface area contributed by atoms with Crippen LogP contribution in [-0.4, -0.2) is 17.0 Å². The Morgan fingerprint density at radius 3 is 2.67 bits per heavy atom. The molecule has 0 aliphatic heterocycles. The summed E-state index contributed by atoms with van der Waals surface area (Å²) >= 11 is 0. The normalized spacial score (nSPS) is 56.5. The summed E-state index contributed by atoms with van der Waals surface area (Å²) in [7, 11) is 0. The van der Waals surface area contributed by atoms with Gasteiger partial charge in [0, 0.05) is 12.3 Å². The van der Waals surface area contributed by atoms with Crippen LogP contribution >= 0.6 is 0 Å². The zero-order chi connectivity index (χ0) is 14.8. The maximum atomic E-state index is 12.1. The molecule has 21 heavy (non-hydrogen) atoms. The molecule has 0 aromatic carbocycles. The molecule has 0 bridgehead atoms. The molecule has 1 N–H and O–H groups in total. The zero-order valence-corrected chi connectivity index (χ0v) is 13.6. The summed E-state index contributed by atoms with van der Waals surface area (Å²) in [5.41, 5.74) is 0.199. The first-order valence-electron chi connectivity index (χ1n) is 9.21. The molecule has 4 saturated carbocycles. The molecule has 0 radical (unpaired) electrons.